The van der Waals surface area contributed by atoms with Crippen molar-refractivity contribution in [2.45, 2.75) is 0 Å². The Hall–Kier alpha value is -0.950. The van der Waals surface area contributed by atoms with Crippen molar-refractivity contribution in [3.63, 3.8) is 0 Å². The third kappa shape index (κ3) is 4.93. The zero-order valence-electron chi connectivity index (χ0n) is 7.33. The maximum absolute atomic E-state index is 10.1. The molecule has 0 spiro atoms. The van der Waals surface area contributed by atoms with Gasteiger partial charge in [0.2, 0.25) is 0 Å². The van der Waals surface area contributed by atoms with Crippen LogP contribution in [0.1, 0.15) is 0 Å². The van der Waals surface area contributed by atoms with Gasteiger partial charge < -0.3 is 0 Å². The third-order valence-electron chi connectivity index (χ3n) is 1.19. The average Bonchev–Trinajstić information content (AvgIpc) is 2.21. The molecule has 1 aromatic carbocycles. The first-order valence-electron chi connectivity index (χ1n) is 3.91. The van der Waals surface area contributed by atoms with E-state index in [-0.39, 0.29) is 13.2 Å². The molecule has 0 bridgehead atoms. The largest absolute Gasteiger partial charge is 0.426 e. The highest BCUT2D eigenvalue weighted by Gasteiger charge is 2.17. The van der Waals surface area contributed by atoms with Gasteiger partial charge in [-0.1, -0.05) is 40.7 Å². The Labute approximate surface area is 82.5 Å². The molecule has 1 fully saturated rings. The van der Waals surface area contributed by atoms with Gasteiger partial charge in [0.25, 0.3) is 0 Å². The zero-order valence-corrected chi connectivity index (χ0v) is 8.14. The Morgan fingerprint density at radius 1 is 0.857 bits per heavy atom. The minimum absolute atomic E-state index is 0.0301. The van der Waals surface area contributed by atoms with E-state index in [4.69, 9.17) is 0 Å². The van der Waals surface area contributed by atoms with Crippen LogP contribution >= 0.6 is 0 Å². The van der Waals surface area contributed by atoms with E-state index in [2.05, 4.69) is 13.4 Å². The Kier molecular flexibility index (Phi) is 4.54. The monoisotopic (exact) mass is 218 g/mol. The van der Waals surface area contributed by atoms with Crippen molar-refractivity contribution in [1.82, 2.24) is 0 Å². The van der Waals surface area contributed by atoms with E-state index in [1.54, 1.807) is 0 Å². The van der Waals surface area contributed by atoms with Crippen molar-refractivity contribution in [3.8, 4) is 0 Å². The van der Waals surface area contributed by atoms with Gasteiger partial charge >= 0.3 is 10.4 Å². The molecule has 0 radical (unpaired) electrons. The third-order valence-corrected chi connectivity index (χ3v) is 1.91. The predicted octanol–water partition coefficient (Wildman–Crippen LogP) is 0.896. The number of hydrogen-bond donors (Lipinski definition) is 0. The van der Waals surface area contributed by atoms with Crippen LogP contribution in [0.3, 0.4) is 0 Å². The summed E-state index contributed by atoms with van der Waals surface area (Å²) in [6.07, 6.45) is 0. The van der Waals surface area contributed by atoms with Crippen LogP contribution in [0, 0.1) is 0 Å². The molecule has 0 aliphatic carbocycles. The van der Waals surface area contributed by atoms with Crippen LogP contribution < -0.4 is 0 Å². The summed E-state index contributed by atoms with van der Waals surface area (Å²) in [7, 11) is -3.80. The normalized spacial score (nSPS) is 19.1. The molecule has 0 N–H and O–H groups in total. The number of hydrogen-bond acceptors (Lipinski definition) is 5. The molecule has 2 rings (SSSR count). The van der Waals surface area contributed by atoms with Gasteiger partial charge in [-0.15, -0.1) is 0 Å². The predicted molar refractivity (Wildman–Crippen MR) is 48.4 cm³/mol. The second-order valence-electron chi connectivity index (χ2n) is 2.27. The maximum Gasteiger partial charge on any atom is 0.426 e. The van der Waals surface area contributed by atoms with Gasteiger partial charge in [-0.2, -0.15) is 8.42 Å². The van der Waals surface area contributed by atoms with Gasteiger partial charge in [-0.3, -0.25) is 0 Å². The molecule has 1 heterocycles. The minimum Gasteiger partial charge on any atom is -0.244 e. The zero-order chi connectivity index (χ0) is 10.3. The Balaban J connectivity index is 0.000000146. The number of benzene rings is 1. The molecule has 5 nitrogen and oxygen atoms in total. The van der Waals surface area contributed by atoms with Gasteiger partial charge in [0, 0.05) is 0 Å². The fraction of sp³-hybridized carbons (Fsp3) is 0.250. The first-order chi connectivity index (χ1) is 6.71. The molecule has 0 atom stereocenters. The highest BCUT2D eigenvalue weighted by Crippen LogP contribution is 2.01. The summed E-state index contributed by atoms with van der Waals surface area (Å²) in [6, 6.07) is 12.0. The highest BCUT2D eigenvalue weighted by atomic mass is 32.3. The topological polar surface area (TPSA) is 61.8 Å². The van der Waals surface area contributed by atoms with E-state index in [0.29, 0.717) is 0 Å². The first kappa shape index (κ1) is 11.1. The van der Waals surface area contributed by atoms with Crippen molar-refractivity contribution in [2.75, 3.05) is 13.2 Å². The van der Waals surface area contributed by atoms with Gasteiger partial charge in [0.15, 0.2) is 0 Å². The Bertz CT molecular complexity index is 295. The van der Waals surface area contributed by atoms with Crippen molar-refractivity contribution < 1.29 is 21.8 Å². The lowest BCUT2D eigenvalue weighted by Crippen LogP contribution is -2.20. The lowest BCUT2D eigenvalue weighted by molar-refractivity contribution is -0.233. The second kappa shape index (κ2) is 5.71. The maximum atomic E-state index is 10.1. The molecule has 1 aliphatic rings. The van der Waals surface area contributed by atoms with Crippen LogP contribution in [-0.4, -0.2) is 21.6 Å². The summed E-state index contributed by atoms with van der Waals surface area (Å²) >= 11 is 0. The molecule has 0 unspecified atom stereocenters. The highest BCUT2D eigenvalue weighted by molar-refractivity contribution is 7.81. The summed E-state index contributed by atoms with van der Waals surface area (Å²) in [5, 5.41) is 0. The summed E-state index contributed by atoms with van der Waals surface area (Å²) in [4.78, 5) is 4.07. The first-order valence-corrected chi connectivity index (χ1v) is 5.24. The minimum atomic E-state index is -3.80. The van der Waals surface area contributed by atoms with Gasteiger partial charge in [-0.05, 0) is 0 Å². The molecule has 1 aliphatic heterocycles. The molecular formula is C8H10O5S. The fourth-order valence-corrected chi connectivity index (χ4v) is 1.16. The fourth-order valence-electron chi connectivity index (χ4n) is 0.668. The van der Waals surface area contributed by atoms with Crippen molar-refractivity contribution in [3.05, 3.63) is 36.4 Å². The lowest BCUT2D eigenvalue weighted by atomic mass is 10.4. The molecule has 6 heteroatoms. The van der Waals surface area contributed by atoms with E-state index in [1.807, 2.05) is 36.4 Å². The van der Waals surface area contributed by atoms with E-state index in [9.17, 15) is 8.42 Å². The van der Waals surface area contributed by atoms with Crippen LogP contribution in [-0.2, 0) is 23.8 Å². The van der Waals surface area contributed by atoms with Crippen molar-refractivity contribution in [2.24, 2.45) is 0 Å². The molecule has 0 saturated carbocycles. The van der Waals surface area contributed by atoms with Crippen LogP contribution in [0.15, 0.2) is 36.4 Å². The number of rotatable bonds is 0. The van der Waals surface area contributed by atoms with Crippen molar-refractivity contribution >= 4 is 10.4 Å². The van der Waals surface area contributed by atoms with Crippen molar-refractivity contribution in [1.29, 1.82) is 0 Å². The van der Waals surface area contributed by atoms with E-state index in [0.717, 1.165) is 0 Å². The second-order valence-corrected chi connectivity index (χ2v) is 3.46. The van der Waals surface area contributed by atoms with Gasteiger partial charge in [0.1, 0.15) is 6.61 Å². The molecule has 1 aromatic rings. The molecule has 78 valence electrons. The van der Waals surface area contributed by atoms with E-state index >= 15 is 0 Å². The Morgan fingerprint density at radius 3 is 1.57 bits per heavy atom. The molecule has 0 amide bonds. The molecule has 1 saturated heterocycles. The smallest absolute Gasteiger partial charge is 0.244 e. The van der Waals surface area contributed by atoms with E-state index in [1.165, 1.54) is 0 Å². The summed E-state index contributed by atoms with van der Waals surface area (Å²) in [6.45, 7) is 0.182. The van der Waals surface area contributed by atoms with Gasteiger partial charge in [-0.25, -0.2) is 9.07 Å². The standard InChI is InChI=1S/C6H6.C2H4O5S/c1-2-4-6-5-3-1;3-8(4)6-2-1-5-7-8/h1-6H;1-2H2. The summed E-state index contributed by atoms with van der Waals surface area (Å²) in [5.74, 6) is 0. The molecule has 0 aromatic heterocycles. The van der Waals surface area contributed by atoms with Crippen LogP contribution in [0.25, 0.3) is 0 Å². The van der Waals surface area contributed by atoms with Crippen LogP contribution in [0.5, 0.6) is 0 Å². The van der Waals surface area contributed by atoms with Crippen LogP contribution in [0.2, 0.25) is 0 Å². The summed E-state index contributed by atoms with van der Waals surface area (Å²) in [5.41, 5.74) is 0. The molecular weight excluding hydrogens is 208 g/mol. The van der Waals surface area contributed by atoms with E-state index < -0.39 is 10.4 Å². The Morgan fingerprint density at radius 2 is 1.36 bits per heavy atom. The molecule has 14 heavy (non-hydrogen) atoms. The van der Waals surface area contributed by atoms with Gasteiger partial charge in [0.05, 0.1) is 6.61 Å². The quantitative estimate of drug-likeness (QED) is 0.605. The SMILES string of the molecule is O=S1(=O)OCCOO1.c1ccccc1. The van der Waals surface area contributed by atoms with Crippen LogP contribution in [0.4, 0.5) is 0 Å². The lowest BCUT2D eigenvalue weighted by Gasteiger charge is -2.08. The average molecular weight is 218 g/mol. The summed E-state index contributed by atoms with van der Waals surface area (Å²) < 4.78 is 28.0.